The zero-order valence-corrected chi connectivity index (χ0v) is 14.6. The molecule has 3 fully saturated rings. The van der Waals surface area contributed by atoms with E-state index < -0.39 is 11.7 Å². The number of hydrogen-bond donors (Lipinski definition) is 0. The van der Waals surface area contributed by atoms with Gasteiger partial charge in [0.15, 0.2) is 5.79 Å². The first-order valence-electron chi connectivity index (χ1n) is 8.38. The zero-order chi connectivity index (χ0) is 16.6. The Kier molecular flexibility index (Phi) is 4.33. The standard InChI is InChI=1S/C18H22O5S/c1-20-16(19)15-14-7-8-17(23-14,11-18(15)21-9-10-22-18)12-24-13-5-3-2-4-6-13/h2-6,14-15H,7-12H2,1H3/t14-,15+,17+/m1/s1. The highest BCUT2D eigenvalue weighted by atomic mass is 32.2. The van der Waals surface area contributed by atoms with Crippen LogP contribution < -0.4 is 0 Å². The number of carbonyl (C=O) groups excluding carboxylic acids is 1. The van der Waals surface area contributed by atoms with Gasteiger partial charge in [-0.05, 0) is 25.0 Å². The number of methoxy groups -OCH3 is 1. The molecule has 3 aliphatic heterocycles. The molecule has 3 atom stereocenters. The van der Waals surface area contributed by atoms with Gasteiger partial charge in [-0.25, -0.2) is 0 Å². The minimum absolute atomic E-state index is 0.194. The highest BCUT2D eigenvalue weighted by Gasteiger charge is 2.64. The summed E-state index contributed by atoms with van der Waals surface area (Å²) in [5.74, 6) is -0.852. The van der Waals surface area contributed by atoms with Crippen LogP contribution in [0.3, 0.4) is 0 Å². The highest BCUT2D eigenvalue weighted by Crippen LogP contribution is 2.53. The van der Waals surface area contributed by atoms with Crippen LogP contribution in [-0.4, -0.2) is 49.5 Å². The molecule has 0 aromatic heterocycles. The lowest BCUT2D eigenvalue weighted by Crippen LogP contribution is -2.58. The minimum atomic E-state index is -0.885. The lowest BCUT2D eigenvalue weighted by atomic mass is 9.84. The maximum absolute atomic E-state index is 12.3. The number of esters is 1. The molecule has 3 saturated heterocycles. The summed E-state index contributed by atoms with van der Waals surface area (Å²) in [5, 5.41) is 0. The minimum Gasteiger partial charge on any atom is -0.469 e. The Balaban J connectivity index is 1.55. The molecule has 3 heterocycles. The van der Waals surface area contributed by atoms with Gasteiger partial charge in [0, 0.05) is 17.1 Å². The maximum Gasteiger partial charge on any atom is 0.316 e. The van der Waals surface area contributed by atoms with E-state index in [2.05, 4.69) is 12.1 Å². The summed E-state index contributed by atoms with van der Waals surface area (Å²) in [4.78, 5) is 13.6. The van der Waals surface area contributed by atoms with Gasteiger partial charge in [-0.2, -0.15) is 0 Å². The molecule has 5 nitrogen and oxygen atoms in total. The fourth-order valence-electron chi connectivity index (χ4n) is 4.15. The van der Waals surface area contributed by atoms with Gasteiger partial charge in [0.25, 0.3) is 0 Å². The van der Waals surface area contributed by atoms with Gasteiger partial charge >= 0.3 is 5.97 Å². The molecule has 6 heteroatoms. The number of fused-ring (bicyclic) bond motifs is 2. The maximum atomic E-state index is 12.3. The average molecular weight is 350 g/mol. The molecule has 1 aromatic carbocycles. The van der Waals surface area contributed by atoms with Crippen LogP contribution in [0.15, 0.2) is 35.2 Å². The SMILES string of the molecule is COC(=O)[C@@H]1[C@H]2CC[C@@](CSc3ccccc3)(CC13OCCO3)O2. The first-order valence-corrected chi connectivity index (χ1v) is 9.36. The van der Waals surface area contributed by atoms with Gasteiger partial charge in [-0.1, -0.05) is 18.2 Å². The van der Waals surface area contributed by atoms with Gasteiger partial charge < -0.3 is 18.9 Å². The van der Waals surface area contributed by atoms with Crippen molar-refractivity contribution in [2.45, 2.75) is 41.7 Å². The van der Waals surface area contributed by atoms with E-state index in [1.807, 2.05) is 18.2 Å². The third-order valence-corrected chi connectivity index (χ3v) is 6.45. The van der Waals surface area contributed by atoms with Crippen molar-refractivity contribution < 1.29 is 23.7 Å². The molecule has 0 N–H and O–H groups in total. The number of rotatable bonds is 4. The molecule has 2 bridgehead atoms. The van der Waals surface area contributed by atoms with Crippen LogP contribution in [0.2, 0.25) is 0 Å². The molecule has 1 aromatic rings. The molecule has 0 saturated carbocycles. The topological polar surface area (TPSA) is 54.0 Å². The molecule has 3 aliphatic rings. The molecular weight excluding hydrogens is 328 g/mol. The summed E-state index contributed by atoms with van der Waals surface area (Å²) in [6, 6.07) is 10.3. The third-order valence-electron chi connectivity index (χ3n) is 5.18. The highest BCUT2D eigenvalue weighted by molar-refractivity contribution is 7.99. The van der Waals surface area contributed by atoms with Crippen molar-refractivity contribution in [1.29, 1.82) is 0 Å². The van der Waals surface area contributed by atoms with Crippen molar-refractivity contribution in [3.8, 4) is 0 Å². The van der Waals surface area contributed by atoms with Crippen molar-refractivity contribution in [1.82, 2.24) is 0 Å². The van der Waals surface area contributed by atoms with Crippen molar-refractivity contribution in [2.24, 2.45) is 5.92 Å². The molecule has 1 spiro atoms. The van der Waals surface area contributed by atoms with Gasteiger partial charge in [-0.15, -0.1) is 11.8 Å². The molecule has 24 heavy (non-hydrogen) atoms. The number of carbonyl (C=O) groups is 1. The van der Waals surface area contributed by atoms with E-state index in [0.717, 1.165) is 18.6 Å². The Morgan fingerprint density at radius 3 is 2.75 bits per heavy atom. The molecule has 4 rings (SSSR count). The first-order chi connectivity index (χ1) is 11.7. The summed E-state index contributed by atoms with van der Waals surface area (Å²) >= 11 is 1.78. The predicted molar refractivity (Wildman–Crippen MR) is 88.8 cm³/mol. The van der Waals surface area contributed by atoms with E-state index in [1.165, 1.54) is 12.0 Å². The van der Waals surface area contributed by atoms with E-state index >= 15 is 0 Å². The van der Waals surface area contributed by atoms with Gasteiger partial charge in [0.05, 0.1) is 32.0 Å². The van der Waals surface area contributed by atoms with Gasteiger partial charge in [-0.3, -0.25) is 4.79 Å². The molecule has 0 aliphatic carbocycles. The van der Waals surface area contributed by atoms with E-state index in [9.17, 15) is 4.79 Å². The number of benzene rings is 1. The largest absolute Gasteiger partial charge is 0.469 e. The Morgan fingerprint density at radius 2 is 2.04 bits per heavy atom. The number of ether oxygens (including phenoxy) is 4. The summed E-state index contributed by atoms with van der Waals surface area (Å²) in [6.45, 7) is 1.03. The van der Waals surface area contributed by atoms with Crippen LogP contribution in [0.4, 0.5) is 0 Å². The van der Waals surface area contributed by atoms with Crippen molar-refractivity contribution in [2.75, 3.05) is 26.1 Å². The quantitative estimate of drug-likeness (QED) is 0.615. The second-order valence-electron chi connectivity index (χ2n) is 6.67. The Labute approximate surface area is 146 Å². The molecule has 0 amide bonds. The van der Waals surface area contributed by atoms with Crippen LogP contribution in [0.1, 0.15) is 19.3 Å². The summed E-state index contributed by atoms with van der Waals surface area (Å²) in [5.41, 5.74) is -0.306. The monoisotopic (exact) mass is 350 g/mol. The molecule has 0 radical (unpaired) electrons. The zero-order valence-electron chi connectivity index (χ0n) is 13.7. The molecule has 130 valence electrons. The van der Waals surface area contributed by atoms with Crippen molar-refractivity contribution in [3.63, 3.8) is 0 Å². The fourth-order valence-corrected chi connectivity index (χ4v) is 5.24. The van der Waals surface area contributed by atoms with E-state index in [0.29, 0.717) is 19.6 Å². The summed E-state index contributed by atoms with van der Waals surface area (Å²) < 4.78 is 23.3. The lowest BCUT2D eigenvalue weighted by Gasteiger charge is -2.46. The van der Waals surface area contributed by atoms with Crippen LogP contribution in [0, 0.1) is 5.92 Å². The smallest absolute Gasteiger partial charge is 0.316 e. The predicted octanol–water partition coefficient (Wildman–Crippen LogP) is 2.63. The third kappa shape index (κ3) is 2.75. The van der Waals surface area contributed by atoms with Crippen molar-refractivity contribution >= 4 is 17.7 Å². The Hall–Kier alpha value is -1.08. The van der Waals surface area contributed by atoms with Gasteiger partial charge in [0.1, 0.15) is 5.92 Å². The van der Waals surface area contributed by atoms with E-state index in [4.69, 9.17) is 18.9 Å². The van der Waals surface area contributed by atoms with Crippen LogP contribution in [0.5, 0.6) is 0 Å². The van der Waals surface area contributed by atoms with Crippen LogP contribution in [0.25, 0.3) is 0 Å². The second-order valence-corrected chi connectivity index (χ2v) is 7.71. The lowest BCUT2D eigenvalue weighted by molar-refractivity contribution is -0.280. The van der Waals surface area contributed by atoms with Crippen LogP contribution in [-0.2, 0) is 23.7 Å². The Morgan fingerprint density at radius 1 is 1.29 bits per heavy atom. The second kappa shape index (κ2) is 6.33. The average Bonchev–Trinajstić information content (AvgIpc) is 3.20. The number of thioether (sulfide) groups is 1. The summed E-state index contributed by atoms with van der Waals surface area (Å²) in [6.07, 6.45) is 2.14. The normalized spacial score (nSPS) is 33.7. The fraction of sp³-hybridized carbons (Fsp3) is 0.611. The van der Waals surface area contributed by atoms with E-state index in [-0.39, 0.29) is 17.7 Å². The molecular formula is C18H22O5S. The van der Waals surface area contributed by atoms with Crippen molar-refractivity contribution in [3.05, 3.63) is 30.3 Å². The summed E-state index contributed by atoms with van der Waals surface area (Å²) in [7, 11) is 1.41. The van der Waals surface area contributed by atoms with Gasteiger partial charge in [0.2, 0.25) is 0 Å². The Bertz CT molecular complexity index is 601. The molecule has 0 unspecified atom stereocenters. The van der Waals surface area contributed by atoms with E-state index in [1.54, 1.807) is 11.8 Å². The van der Waals surface area contributed by atoms with Crippen LogP contribution >= 0.6 is 11.8 Å². The first kappa shape index (κ1) is 16.4. The number of hydrogen-bond acceptors (Lipinski definition) is 6.